The van der Waals surface area contributed by atoms with Gasteiger partial charge in [0, 0.05) is 12.5 Å². The van der Waals surface area contributed by atoms with Crippen LogP contribution < -0.4 is 9.46 Å². The molecule has 1 heterocycles. The fourth-order valence-electron chi connectivity index (χ4n) is 2.31. The van der Waals surface area contributed by atoms with Gasteiger partial charge in [-0.05, 0) is 49.4 Å². The summed E-state index contributed by atoms with van der Waals surface area (Å²) in [7, 11) is -3.43. The molecule has 1 N–H and O–H groups in total. The van der Waals surface area contributed by atoms with E-state index in [4.69, 9.17) is 4.74 Å². The van der Waals surface area contributed by atoms with Gasteiger partial charge in [-0.3, -0.25) is 0 Å². The Balaban J connectivity index is 2.06. The van der Waals surface area contributed by atoms with Gasteiger partial charge in [0.05, 0.1) is 11.5 Å². The summed E-state index contributed by atoms with van der Waals surface area (Å²) in [6.07, 6.45) is 2.65. The van der Waals surface area contributed by atoms with Crippen LogP contribution >= 0.6 is 0 Å². The summed E-state index contributed by atoms with van der Waals surface area (Å²) in [5.41, 5.74) is 0.975. The Morgan fingerprint density at radius 2 is 2.00 bits per heavy atom. The van der Waals surface area contributed by atoms with E-state index in [2.05, 4.69) is 18.6 Å². The molecule has 0 fully saturated rings. The molecule has 0 amide bonds. The highest BCUT2D eigenvalue weighted by atomic mass is 32.2. The first kappa shape index (κ1) is 15.3. The second-order valence-corrected chi connectivity index (χ2v) is 7.58. The monoisotopic (exact) mass is 297 g/mol. The number of sulfonamides is 1. The minimum atomic E-state index is -3.43. The lowest BCUT2D eigenvalue weighted by Crippen LogP contribution is -2.32. The van der Waals surface area contributed by atoms with Gasteiger partial charge in [-0.25, -0.2) is 13.1 Å². The van der Waals surface area contributed by atoms with Crippen LogP contribution in [0.3, 0.4) is 0 Å². The molecule has 1 aliphatic heterocycles. The van der Waals surface area contributed by atoms with E-state index in [1.165, 1.54) is 0 Å². The first-order valence-corrected chi connectivity index (χ1v) is 8.65. The summed E-state index contributed by atoms with van der Waals surface area (Å²) in [4.78, 5) is 0.332. The number of benzene rings is 1. The van der Waals surface area contributed by atoms with E-state index in [0.717, 1.165) is 30.6 Å². The van der Waals surface area contributed by atoms with Gasteiger partial charge in [0.15, 0.2) is 0 Å². The Bertz CT molecular complexity index is 566. The molecule has 0 aliphatic carbocycles. The molecule has 0 aromatic heterocycles. The van der Waals surface area contributed by atoms with Gasteiger partial charge in [0.1, 0.15) is 5.75 Å². The normalized spacial score (nSPS) is 16.0. The lowest BCUT2D eigenvalue weighted by atomic mass is 10.1. The van der Waals surface area contributed by atoms with E-state index in [9.17, 15) is 8.42 Å². The van der Waals surface area contributed by atoms with Gasteiger partial charge < -0.3 is 4.74 Å². The first-order chi connectivity index (χ1) is 9.38. The second kappa shape index (κ2) is 6.14. The minimum absolute atomic E-state index is 0.0492. The van der Waals surface area contributed by atoms with Crippen LogP contribution in [0.15, 0.2) is 23.1 Å². The molecular formula is C15H23NO3S. The Morgan fingerprint density at radius 1 is 1.25 bits per heavy atom. The number of hydrogen-bond acceptors (Lipinski definition) is 3. The molecule has 0 radical (unpaired) electrons. The lowest BCUT2D eigenvalue weighted by molar-refractivity contribution is 0.356. The third-order valence-corrected chi connectivity index (χ3v) is 5.09. The zero-order valence-electron chi connectivity index (χ0n) is 12.3. The molecule has 0 spiro atoms. The molecule has 20 heavy (non-hydrogen) atoms. The highest BCUT2D eigenvalue weighted by molar-refractivity contribution is 7.89. The van der Waals surface area contributed by atoms with E-state index < -0.39 is 10.0 Å². The van der Waals surface area contributed by atoms with E-state index >= 15 is 0 Å². The van der Waals surface area contributed by atoms with Crippen molar-refractivity contribution in [3.63, 3.8) is 0 Å². The largest absolute Gasteiger partial charge is 0.493 e. The quantitative estimate of drug-likeness (QED) is 0.878. The predicted molar refractivity (Wildman–Crippen MR) is 79.5 cm³/mol. The van der Waals surface area contributed by atoms with Gasteiger partial charge >= 0.3 is 0 Å². The van der Waals surface area contributed by atoms with Gasteiger partial charge in [-0.2, -0.15) is 0 Å². The standard InChI is InChI=1S/C15H23NO3S/c1-11(2)4-5-12(3)16-20(17,18)14-6-7-15-13(10-14)8-9-19-15/h6-7,10-12,16H,4-5,8-9H2,1-3H3. The molecular weight excluding hydrogens is 274 g/mol. The maximum Gasteiger partial charge on any atom is 0.240 e. The lowest BCUT2D eigenvalue weighted by Gasteiger charge is -2.15. The van der Waals surface area contributed by atoms with Crippen LogP contribution in [0.5, 0.6) is 5.75 Å². The molecule has 1 aromatic carbocycles. The van der Waals surface area contributed by atoms with Gasteiger partial charge in [-0.15, -0.1) is 0 Å². The van der Waals surface area contributed by atoms with Crippen LogP contribution in [0.4, 0.5) is 0 Å². The van der Waals surface area contributed by atoms with Crippen LogP contribution in [0.2, 0.25) is 0 Å². The van der Waals surface area contributed by atoms with E-state index in [-0.39, 0.29) is 6.04 Å². The van der Waals surface area contributed by atoms with Crippen molar-refractivity contribution in [2.75, 3.05) is 6.61 Å². The smallest absolute Gasteiger partial charge is 0.240 e. The average molecular weight is 297 g/mol. The summed E-state index contributed by atoms with van der Waals surface area (Å²) in [6, 6.07) is 5.03. The van der Waals surface area contributed by atoms with Crippen molar-refractivity contribution in [1.29, 1.82) is 0 Å². The number of hydrogen-bond donors (Lipinski definition) is 1. The van der Waals surface area contributed by atoms with E-state index in [1.54, 1.807) is 18.2 Å². The van der Waals surface area contributed by atoms with Crippen LogP contribution in [0.25, 0.3) is 0 Å². The average Bonchev–Trinajstić information content (AvgIpc) is 2.83. The molecule has 0 saturated carbocycles. The van der Waals surface area contributed by atoms with Crippen molar-refractivity contribution in [2.45, 2.75) is 51.0 Å². The third-order valence-electron chi connectivity index (χ3n) is 3.50. The van der Waals surface area contributed by atoms with Crippen LogP contribution in [-0.4, -0.2) is 21.1 Å². The maximum atomic E-state index is 12.3. The summed E-state index contributed by atoms with van der Waals surface area (Å²) in [5, 5.41) is 0. The van der Waals surface area contributed by atoms with Crippen molar-refractivity contribution >= 4 is 10.0 Å². The molecule has 0 bridgehead atoms. The maximum absolute atomic E-state index is 12.3. The first-order valence-electron chi connectivity index (χ1n) is 7.16. The minimum Gasteiger partial charge on any atom is -0.493 e. The van der Waals surface area contributed by atoms with Gasteiger partial charge in [0.2, 0.25) is 10.0 Å². The molecule has 1 atom stereocenters. The Morgan fingerprint density at radius 3 is 2.70 bits per heavy atom. The zero-order chi connectivity index (χ0) is 14.8. The second-order valence-electron chi connectivity index (χ2n) is 5.86. The molecule has 1 aromatic rings. The number of fused-ring (bicyclic) bond motifs is 1. The number of nitrogens with one attached hydrogen (secondary N) is 1. The van der Waals surface area contributed by atoms with E-state index in [0.29, 0.717) is 17.4 Å². The molecule has 1 unspecified atom stereocenters. The molecule has 1 aliphatic rings. The van der Waals surface area contributed by atoms with Crippen LogP contribution in [-0.2, 0) is 16.4 Å². The number of ether oxygens (including phenoxy) is 1. The Labute approximate surface area is 121 Å². The van der Waals surface area contributed by atoms with Crippen molar-refractivity contribution in [3.05, 3.63) is 23.8 Å². The highest BCUT2D eigenvalue weighted by Gasteiger charge is 2.21. The van der Waals surface area contributed by atoms with Gasteiger partial charge in [-0.1, -0.05) is 13.8 Å². The van der Waals surface area contributed by atoms with Crippen LogP contribution in [0, 0.1) is 5.92 Å². The van der Waals surface area contributed by atoms with Crippen molar-refractivity contribution < 1.29 is 13.2 Å². The van der Waals surface area contributed by atoms with Crippen molar-refractivity contribution in [3.8, 4) is 5.75 Å². The van der Waals surface area contributed by atoms with Crippen LogP contribution in [0.1, 0.15) is 39.2 Å². The SMILES string of the molecule is CC(C)CCC(C)NS(=O)(=O)c1ccc2c(c1)CCO2. The van der Waals surface area contributed by atoms with Crippen molar-refractivity contribution in [2.24, 2.45) is 5.92 Å². The fraction of sp³-hybridized carbons (Fsp3) is 0.600. The predicted octanol–water partition coefficient (Wildman–Crippen LogP) is 2.72. The fourth-order valence-corrected chi connectivity index (χ4v) is 3.63. The summed E-state index contributed by atoms with van der Waals surface area (Å²) < 4.78 is 32.8. The summed E-state index contributed by atoms with van der Waals surface area (Å²) in [6.45, 7) is 6.83. The number of rotatable bonds is 6. The molecule has 112 valence electrons. The highest BCUT2D eigenvalue weighted by Crippen LogP contribution is 2.27. The summed E-state index contributed by atoms with van der Waals surface area (Å²) in [5.74, 6) is 1.39. The molecule has 0 saturated heterocycles. The Kier molecular flexibility index (Phi) is 4.70. The summed E-state index contributed by atoms with van der Waals surface area (Å²) >= 11 is 0. The zero-order valence-corrected chi connectivity index (χ0v) is 13.2. The Hall–Kier alpha value is -1.07. The van der Waals surface area contributed by atoms with E-state index in [1.807, 2.05) is 6.92 Å². The molecule has 5 heteroatoms. The van der Waals surface area contributed by atoms with Gasteiger partial charge in [0.25, 0.3) is 0 Å². The third kappa shape index (κ3) is 3.73. The molecule has 4 nitrogen and oxygen atoms in total. The van der Waals surface area contributed by atoms with Crippen molar-refractivity contribution in [1.82, 2.24) is 4.72 Å². The topological polar surface area (TPSA) is 55.4 Å². The molecule has 2 rings (SSSR count).